The Morgan fingerprint density at radius 3 is 1.35 bits per heavy atom. The third-order valence-corrected chi connectivity index (χ3v) is 7.81. The highest BCUT2D eigenvalue weighted by molar-refractivity contribution is 5.87. The Bertz CT molecular complexity index is 758. The summed E-state index contributed by atoms with van der Waals surface area (Å²) in [5.74, 6) is -1.20. The van der Waals surface area contributed by atoms with Crippen LogP contribution in [-0.4, -0.2) is 70.2 Å². The summed E-state index contributed by atoms with van der Waals surface area (Å²) in [6, 6.07) is 0. The third-order valence-electron chi connectivity index (χ3n) is 7.81. The zero-order valence-electron chi connectivity index (χ0n) is 24.5. The van der Waals surface area contributed by atoms with Crippen LogP contribution in [0.2, 0.25) is 0 Å². The van der Waals surface area contributed by atoms with Gasteiger partial charge in [-0.25, -0.2) is 0 Å². The number of hydrogen-bond acceptors (Lipinski definition) is 7. The zero-order chi connectivity index (χ0) is 27.6. The third kappa shape index (κ3) is 9.24. The monoisotopic (exact) mass is 521 g/mol. The summed E-state index contributed by atoms with van der Waals surface area (Å²) in [4.78, 5) is 41.0. The van der Waals surface area contributed by atoms with Crippen molar-refractivity contribution in [1.82, 2.24) is 15.5 Å². The SMILES string of the molecule is CC1(C)CC(OC(=O)CN(CC(=O)OC2CC(C)(C)NC(C)(C)C2)C(=O)C2CCCCC2)CC(C)(C)N1. The van der Waals surface area contributed by atoms with Crippen LogP contribution in [0, 0.1) is 5.92 Å². The highest BCUT2D eigenvalue weighted by Gasteiger charge is 2.41. The van der Waals surface area contributed by atoms with Gasteiger partial charge in [-0.2, -0.15) is 0 Å². The molecule has 3 fully saturated rings. The van der Waals surface area contributed by atoms with Gasteiger partial charge in [0.25, 0.3) is 0 Å². The minimum atomic E-state index is -0.459. The number of rotatable bonds is 7. The first-order valence-corrected chi connectivity index (χ1v) is 14.2. The molecule has 0 bridgehead atoms. The number of hydrogen-bond donors (Lipinski definition) is 2. The van der Waals surface area contributed by atoms with Gasteiger partial charge in [0.2, 0.25) is 5.91 Å². The van der Waals surface area contributed by atoms with E-state index in [0.717, 1.165) is 32.1 Å². The maximum absolute atomic E-state index is 13.5. The van der Waals surface area contributed by atoms with Crippen LogP contribution in [0.4, 0.5) is 0 Å². The molecule has 2 aliphatic heterocycles. The van der Waals surface area contributed by atoms with Crippen molar-refractivity contribution in [3.05, 3.63) is 0 Å². The van der Waals surface area contributed by atoms with Gasteiger partial charge in [-0.05, 0) is 68.2 Å². The van der Waals surface area contributed by atoms with E-state index in [0.29, 0.717) is 25.7 Å². The molecule has 37 heavy (non-hydrogen) atoms. The predicted molar refractivity (Wildman–Crippen MR) is 144 cm³/mol. The van der Waals surface area contributed by atoms with E-state index in [-0.39, 0.29) is 59.3 Å². The molecule has 2 saturated heterocycles. The van der Waals surface area contributed by atoms with Crippen LogP contribution in [0.3, 0.4) is 0 Å². The molecule has 2 heterocycles. The topological polar surface area (TPSA) is 97.0 Å². The van der Waals surface area contributed by atoms with E-state index in [4.69, 9.17) is 9.47 Å². The Hall–Kier alpha value is -1.67. The zero-order valence-corrected chi connectivity index (χ0v) is 24.5. The Morgan fingerprint density at radius 2 is 1.00 bits per heavy atom. The summed E-state index contributed by atoms with van der Waals surface area (Å²) in [6.07, 6.45) is 7.02. The van der Waals surface area contributed by atoms with E-state index < -0.39 is 11.9 Å². The quantitative estimate of drug-likeness (QED) is 0.487. The van der Waals surface area contributed by atoms with Crippen LogP contribution in [0.15, 0.2) is 0 Å². The van der Waals surface area contributed by atoms with Gasteiger partial charge in [0, 0.05) is 53.8 Å². The van der Waals surface area contributed by atoms with Gasteiger partial charge in [0.15, 0.2) is 0 Å². The second-order valence-corrected chi connectivity index (χ2v) is 14.4. The van der Waals surface area contributed by atoms with E-state index in [2.05, 4.69) is 66.0 Å². The Morgan fingerprint density at radius 1 is 0.649 bits per heavy atom. The molecule has 8 nitrogen and oxygen atoms in total. The number of ether oxygens (including phenoxy) is 2. The first kappa shape index (κ1) is 29.9. The average molecular weight is 522 g/mol. The first-order chi connectivity index (χ1) is 16.9. The van der Waals surface area contributed by atoms with Gasteiger partial charge in [-0.3, -0.25) is 14.4 Å². The number of carbonyl (C=O) groups excluding carboxylic acids is 3. The van der Waals surface area contributed by atoms with Crippen molar-refractivity contribution in [2.75, 3.05) is 13.1 Å². The fourth-order valence-electron chi connectivity index (χ4n) is 7.20. The van der Waals surface area contributed by atoms with Crippen molar-refractivity contribution in [2.45, 2.75) is 148 Å². The summed E-state index contributed by atoms with van der Waals surface area (Å²) in [6.45, 7) is 16.4. The molecule has 8 heteroatoms. The van der Waals surface area contributed by atoms with Crippen LogP contribution < -0.4 is 10.6 Å². The maximum atomic E-state index is 13.5. The standard InChI is InChI=1S/C29H51N3O5/c1-26(2)14-21(15-27(3,4)30-26)36-23(33)18-32(25(35)20-12-10-9-11-13-20)19-24(34)37-22-16-28(5,6)31-29(7,8)17-22/h20-22,30-31H,9-19H2,1-8H3. The smallest absolute Gasteiger partial charge is 0.325 e. The van der Waals surface area contributed by atoms with Crippen molar-refractivity contribution < 1.29 is 23.9 Å². The molecule has 0 spiro atoms. The minimum Gasteiger partial charge on any atom is -0.461 e. The second-order valence-electron chi connectivity index (χ2n) is 14.4. The van der Waals surface area contributed by atoms with E-state index in [1.807, 2.05) is 0 Å². The van der Waals surface area contributed by atoms with Crippen LogP contribution >= 0.6 is 0 Å². The van der Waals surface area contributed by atoms with Crippen LogP contribution in [-0.2, 0) is 23.9 Å². The lowest BCUT2D eigenvalue weighted by molar-refractivity contribution is -0.163. The summed E-state index contributed by atoms with van der Waals surface area (Å²) in [7, 11) is 0. The summed E-state index contributed by atoms with van der Waals surface area (Å²) in [5.41, 5.74) is -0.649. The molecule has 2 N–H and O–H groups in total. The molecule has 1 amide bonds. The number of amides is 1. The Kier molecular flexibility index (Phi) is 9.05. The molecular formula is C29H51N3O5. The molecule has 0 aromatic rings. The van der Waals surface area contributed by atoms with E-state index in [9.17, 15) is 14.4 Å². The minimum absolute atomic E-state index is 0.134. The number of piperidine rings is 2. The molecule has 3 rings (SSSR count). The van der Waals surface area contributed by atoms with Gasteiger partial charge in [-0.15, -0.1) is 0 Å². The average Bonchev–Trinajstić information content (AvgIpc) is 2.68. The fourth-order valence-corrected chi connectivity index (χ4v) is 7.20. The lowest BCUT2D eigenvalue weighted by Gasteiger charge is -2.46. The largest absolute Gasteiger partial charge is 0.461 e. The number of nitrogens with zero attached hydrogens (tertiary/aromatic N) is 1. The van der Waals surface area contributed by atoms with E-state index >= 15 is 0 Å². The van der Waals surface area contributed by atoms with Gasteiger partial charge >= 0.3 is 11.9 Å². The highest BCUT2D eigenvalue weighted by atomic mass is 16.6. The molecule has 1 saturated carbocycles. The van der Waals surface area contributed by atoms with Crippen molar-refractivity contribution >= 4 is 17.8 Å². The van der Waals surface area contributed by atoms with Crippen LogP contribution in [0.1, 0.15) is 113 Å². The van der Waals surface area contributed by atoms with Crippen molar-refractivity contribution in [3.8, 4) is 0 Å². The Labute approximate surface area is 224 Å². The summed E-state index contributed by atoms with van der Waals surface area (Å²) in [5, 5.41) is 7.18. The molecule has 212 valence electrons. The molecule has 0 unspecified atom stereocenters. The van der Waals surface area contributed by atoms with Crippen molar-refractivity contribution in [3.63, 3.8) is 0 Å². The lowest BCUT2D eigenvalue weighted by atomic mass is 9.81. The van der Waals surface area contributed by atoms with Gasteiger partial charge in [0.1, 0.15) is 25.3 Å². The number of esters is 2. The normalized spacial score (nSPS) is 25.7. The predicted octanol–water partition coefficient (Wildman–Crippen LogP) is 4.10. The fraction of sp³-hybridized carbons (Fsp3) is 0.897. The van der Waals surface area contributed by atoms with Gasteiger partial charge < -0.3 is 25.0 Å². The Balaban J connectivity index is 1.66. The van der Waals surface area contributed by atoms with Crippen LogP contribution in [0.25, 0.3) is 0 Å². The first-order valence-electron chi connectivity index (χ1n) is 14.2. The molecule has 0 aromatic heterocycles. The molecule has 0 radical (unpaired) electrons. The molecule has 3 aliphatic rings. The van der Waals surface area contributed by atoms with E-state index in [1.165, 1.54) is 4.90 Å². The maximum Gasteiger partial charge on any atom is 0.325 e. The van der Waals surface area contributed by atoms with Crippen molar-refractivity contribution in [2.24, 2.45) is 5.92 Å². The highest BCUT2D eigenvalue weighted by Crippen LogP contribution is 2.32. The number of nitrogens with one attached hydrogen (secondary N) is 2. The molecule has 1 aliphatic carbocycles. The molecule has 0 aromatic carbocycles. The number of carbonyl (C=O) groups is 3. The van der Waals surface area contributed by atoms with Gasteiger partial charge in [-0.1, -0.05) is 19.3 Å². The molecular weight excluding hydrogens is 470 g/mol. The van der Waals surface area contributed by atoms with Crippen molar-refractivity contribution in [1.29, 1.82) is 0 Å². The lowest BCUT2D eigenvalue weighted by Crippen LogP contribution is -2.60. The summed E-state index contributed by atoms with van der Waals surface area (Å²) >= 11 is 0. The second kappa shape index (κ2) is 11.2. The molecule has 0 atom stereocenters. The summed E-state index contributed by atoms with van der Waals surface area (Å²) < 4.78 is 11.8. The van der Waals surface area contributed by atoms with Gasteiger partial charge in [0.05, 0.1) is 0 Å². The van der Waals surface area contributed by atoms with E-state index in [1.54, 1.807) is 0 Å². The van der Waals surface area contributed by atoms with Crippen LogP contribution in [0.5, 0.6) is 0 Å².